The summed E-state index contributed by atoms with van der Waals surface area (Å²) < 4.78 is 44.0. The van der Waals surface area contributed by atoms with Gasteiger partial charge in [-0.05, 0) is 31.0 Å². The second-order valence-corrected chi connectivity index (χ2v) is 5.28. The van der Waals surface area contributed by atoms with E-state index in [1.165, 1.54) is 12.3 Å². The van der Waals surface area contributed by atoms with Gasteiger partial charge in [-0.3, -0.25) is 4.79 Å². The highest BCUT2D eigenvalue weighted by molar-refractivity contribution is 5.93. The number of anilines is 1. The van der Waals surface area contributed by atoms with E-state index in [1.807, 2.05) is 0 Å². The van der Waals surface area contributed by atoms with Crippen molar-refractivity contribution >= 4 is 11.6 Å². The molecule has 1 aromatic heterocycles. The second kappa shape index (κ2) is 5.47. The number of nitrogens with zero attached hydrogens (tertiary/aromatic N) is 1. The first-order valence-corrected chi connectivity index (χ1v) is 6.85. The van der Waals surface area contributed by atoms with Crippen molar-refractivity contribution < 1.29 is 22.4 Å². The van der Waals surface area contributed by atoms with E-state index in [0.29, 0.717) is 0 Å². The molecular weight excluding hydrogens is 297 g/mol. The van der Waals surface area contributed by atoms with Crippen molar-refractivity contribution in [2.24, 2.45) is 5.92 Å². The number of halogens is 3. The molecule has 7 heteroatoms. The minimum absolute atomic E-state index is 0.108. The van der Waals surface area contributed by atoms with E-state index < -0.39 is 11.7 Å². The van der Waals surface area contributed by atoms with Crippen LogP contribution in [0.4, 0.5) is 18.9 Å². The molecule has 0 aliphatic heterocycles. The monoisotopic (exact) mass is 310 g/mol. The molecule has 1 heterocycles. The lowest BCUT2D eigenvalue weighted by Crippen LogP contribution is -2.28. The van der Waals surface area contributed by atoms with Crippen LogP contribution in [0.25, 0.3) is 11.3 Å². The zero-order valence-corrected chi connectivity index (χ0v) is 11.5. The molecule has 1 fully saturated rings. The number of alkyl halides is 3. The summed E-state index contributed by atoms with van der Waals surface area (Å²) in [4.78, 5) is 15.6. The standard InChI is InChI=1S/C15H13F3N2O2/c16-15(17,18)11-4-10(13-7-19-8-22-13)5-12(6-11)20-14(21)9-2-1-3-9/h4-9H,1-3H2,(H,20,21). The molecule has 1 aliphatic rings. The first-order chi connectivity index (χ1) is 10.4. The van der Waals surface area contributed by atoms with Crippen LogP contribution in [0.1, 0.15) is 24.8 Å². The van der Waals surface area contributed by atoms with E-state index in [4.69, 9.17) is 4.42 Å². The quantitative estimate of drug-likeness (QED) is 0.928. The number of hydrogen-bond donors (Lipinski definition) is 1. The normalized spacial score (nSPS) is 15.4. The molecule has 1 N–H and O–H groups in total. The Morgan fingerprint density at radius 3 is 2.59 bits per heavy atom. The van der Waals surface area contributed by atoms with Crippen molar-refractivity contribution in [2.75, 3.05) is 5.32 Å². The van der Waals surface area contributed by atoms with Crippen LogP contribution in [0.5, 0.6) is 0 Å². The molecule has 0 radical (unpaired) electrons. The van der Waals surface area contributed by atoms with Gasteiger partial charge in [0, 0.05) is 17.2 Å². The number of carbonyl (C=O) groups is 1. The van der Waals surface area contributed by atoms with E-state index >= 15 is 0 Å². The highest BCUT2D eigenvalue weighted by Gasteiger charge is 2.32. The van der Waals surface area contributed by atoms with Crippen molar-refractivity contribution in [2.45, 2.75) is 25.4 Å². The minimum Gasteiger partial charge on any atom is -0.444 e. The molecule has 3 rings (SSSR count). The van der Waals surface area contributed by atoms with Crippen LogP contribution < -0.4 is 5.32 Å². The fourth-order valence-electron chi connectivity index (χ4n) is 2.28. The molecule has 0 saturated heterocycles. The summed E-state index contributed by atoms with van der Waals surface area (Å²) in [6.07, 6.45) is 0.491. The largest absolute Gasteiger partial charge is 0.444 e. The summed E-state index contributed by atoms with van der Waals surface area (Å²) in [6.45, 7) is 0. The molecule has 116 valence electrons. The van der Waals surface area contributed by atoms with Crippen LogP contribution in [0.15, 0.2) is 35.2 Å². The summed E-state index contributed by atoms with van der Waals surface area (Å²) in [5.41, 5.74) is -0.514. The van der Waals surface area contributed by atoms with Crippen LogP contribution in [-0.4, -0.2) is 10.9 Å². The third-order valence-corrected chi connectivity index (χ3v) is 3.72. The van der Waals surface area contributed by atoms with E-state index in [-0.39, 0.29) is 28.8 Å². The maximum absolute atomic E-state index is 13.0. The average Bonchev–Trinajstić information content (AvgIpc) is 2.88. The van der Waals surface area contributed by atoms with Crippen molar-refractivity contribution in [1.29, 1.82) is 0 Å². The van der Waals surface area contributed by atoms with Gasteiger partial charge in [0.25, 0.3) is 0 Å². The van der Waals surface area contributed by atoms with Gasteiger partial charge in [-0.2, -0.15) is 13.2 Å². The number of nitrogens with one attached hydrogen (secondary N) is 1. The van der Waals surface area contributed by atoms with Gasteiger partial charge in [-0.1, -0.05) is 6.42 Å². The molecule has 1 saturated carbocycles. The summed E-state index contributed by atoms with van der Waals surface area (Å²) in [5, 5.41) is 2.56. The molecule has 0 unspecified atom stereocenters. The smallest absolute Gasteiger partial charge is 0.416 e. The predicted octanol–water partition coefficient (Wildman–Crippen LogP) is 4.10. The Kier molecular flexibility index (Phi) is 3.64. The van der Waals surface area contributed by atoms with Gasteiger partial charge in [0.05, 0.1) is 11.8 Å². The lowest BCUT2D eigenvalue weighted by atomic mass is 9.85. The molecule has 0 spiro atoms. The Labute approximate surface area is 124 Å². The number of carbonyl (C=O) groups excluding carboxylic acids is 1. The van der Waals surface area contributed by atoms with Crippen molar-refractivity contribution in [1.82, 2.24) is 4.98 Å². The summed E-state index contributed by atoms with van der Waals surface area (Å²) in [5.74, 6) is -0.136. The molecule has 0 bridgehead atoms. The van der Waals surface area contributed by atoms with Crippen LogP contribution in [0, 0.1) is 5.92 Å². The highest BCUT2D eigenvalue weighted by Crippen LogP contribution is 2.35. The van der Waals surface area contributed by atoms with Crippen molar-refractivity contribution in [3.8, 4) is 11.3 Å². The predicted molar refractivity (Wildman–Crippen MR) is 72.9 cm³/mol. The lowest BCUT2D eigenvalue weighted by molar-refractivity contribution is -0.137. The first kappa shape index (κ1) is 14.6. The number of hydrogen-bond acceptors (Lipinski definition) is 3. The minimum atomic E-state index is -4.51. The molecule has 1 amide bonds. The second-order valence-electron chi connectivity index (χ2n) is 5.28. The van der Waals surface area contributed by atoms with Gasteiger partial charge in [0.2, 0.25) is 5.91 Å². The van der Waals surface area contributed by atoms with E-state index in [1.54, 1.807) is 0 Å². The topological polar surface area (TPSA) is 55.1 Å². The number of rotatable bonds is 3. The van der Waals surface area contributed by atoms with Gasteiger partial charge in [-0.15, -0.1) is 0 Å². The molecule has 1 aliphatic carbocycles. The third-order valence-electron chi connectivity index (χ3n) is 3.72. The van der Waals surface area contributed by atoms with Gasteiger partial charge >= 0.3 is 6.18 Å². The molecular formula is C15H13F3N2O2. The highest BCUT2D eigenvalue weighted by atomic mass is 19.4. The molecule has 1 aromatic carbocycles. The van der Waals surface area contributed by atoms with Crippen molar-refractivity contribution in [3.63, 3.8) is 0 Å². The average molecular weight is 310 g/mol. The zero-order chi connectivity index (χ0) is 15.7. The van der Waals surface area contributed by atoms with Crippen LogP contribution in [-0.2, 0) is 11.0 Å². The molecule has 0 atom stereocenters. The van der Waals surface area contributed by atoms with Gasteiger partial charge < -0.3 is 9.73 Å². The Bertz CT molecular complexity index is 677. The fourth-order valence-corrected chi connectivity index (χ4v) is 2.28. The Hall–Kier alpha value is -2.31. The third kappa shape index (κ3) is 2.98. The first-order valence-electron chi connectivity index (χ1n) is 6.85. The fraction of sp³-hybridized carbons (Fsp3) is 0.333. The van der Waals surface area contributed by atoms with Crippen molar-refractivity contribution in [3.05, 3.63) is 36.4 Å². The SMILES string of the molecule is O=C(Nc1cc(-c2cnco2)cc(C(F)(F)F)c1)C1CCC1. The summed E-state index contributed by atoms with van der Waals surface area (Å²) in [7, 11) is 0. The van der Waals surface area contributed by atoms with Gasteiger partial charge in [-0.25, -0.2) is 4.98 Å². The van der Waals surface area contributed by atoms with Crippen LogP contribution in [0.2, 0.25) is 0 Å². The van der Waals surface area contributed by atoms with E-state index in [2.05, 4.69) is 10.3 Å². The number of benzene rings is 1. The van der Waals surface area contributed by atoms with E-state index in [0.717, 1.165) is 37.8 Å². The van der Waals surface area contributed by atoms with Crippen LogP contribution >= 0.6 is 0 Å². The molecule has 22 heavy (non-hydrogen) atoms. The lowest BCUT2D eigenvalue weighted by Gasteiger charge is -2.24. The van der Waals surface area contributed by atoms with Gasteiger partial charge in [0.15, 0.2) is 12.2 Å². The summed E-state index contributed by atoms with van der Waals surface area (Å²) >= 11 is 0. The molecule has 4 nitrogen and oxygen atoms in total. The Morgan fingerprint density at radius 1 is 1.27 bits per heavy atom. The molecule has 2 aromatic rings. The maximum atomic E-state index is 13.0. The maximum Gasteiger partial charge on any atom is 0.416 e. The zero-order valence-electron chi connectivity index (χ0n) is 11.5. The van der Waals surface area contributed by atoms with Gasteiger partial charge in [0.1, 0.15) is 0 Å². The van der Waals surface area contributed by atoms with Crippen LogP contribution in [0.3, 0.4) is 0 Å². The number of aromatic nitrogens is 1. The Balaban J connectivity index is 1.94. The Morgan fingerprint density at radius 2 is 2.05 bits per heavy atom. The number of amides is 1. The number of oxazole rings is 1. The van der Waals surface area contributed by atoms with E-state index in [9.17, 15) is 18.0 Å². The summed E-state index contributed by atoms with van der Waals surface area (Å²) in [6, 6.07) is 3.35.